The summed E-state index contributed by atoms with van der Waals surface area (Å²) < 4.78 is 0.807. The second-order valence-corrected chi connectivity index (χ2v) is 4.90. The summed E-state index contributed by atoms with van der Waals surface area (Å²) in [5.74, 6) is -0.0738. The van der Waals surface area contributed by atoms with Gasteiger partial charge in [0, 0.05) is 11.1 Å². The number of para-hydroxylation sites is 1. The highest BCUT2D eigenvalue weighted by Crippen LogP contribution is 2.21. The van der Waals surface area contributed by atoms with Gasteiger partial charge in [-0.05, 0) is 12.1 Å². The molecule has 0 unspecified atom stereocenters. The van der Waals surface area contributed by atoms with Gasteiger partial charge in [0.25, 0.3) is 0 Å². The molecule has 0 saturated carbocycles. The van der Waals surface area contributed by atoms with Gasteiger partial charge in [-0.1, -0.05) is 47.7 Å². The van der Waals surface area contributed by atoms with Crippen molar-refractivity contribution in [3.63, 3.8) is 0 Å². The van der Waals surface area contributed by atoms with Crippen LogP contribution in [0.1, 0.15) is 15.9 Å². The zero-order chi connectivity index (χ0) is 12.5. The Morgan fingerprint density at radius 2 is 1.78 bits per heavy atom. The van der Waals surface area contributed by atoms with Gasteiger partial charge in [0.2, 0.25) is 0 Å². The van der Waals surface area contributed by atoms with Gasteiger partial charge in [0.05, 0.1) is 10.2 Å². The molecule has 88 valence electrons. The van der Waals surface area contributed by atoms with Crippen LogP contribution >= 0.6 is 11.3 Å². The molecule has 1 aromatic heterocycles. The van der Waals surface area contributed by atoms with E-state index in [1.165, 1.54) is 0 Å². The number of hydrogen-bond acceptors (Lipinski definition) is 3. The molecule has 0 aliphatic rings. The van der Waals surface area contributed by atoms with Crippen LogP contribution in [-0.4, -0.2) is 10.8 Å². The third-order valence-corrected chi connectivity index (χ3v) is 3.58. The van der Waals surface area contributed by atoms with Crippen molar-refractivity contribution < 1.29 is 4.79 Å². The molecule has 0 bridgehead atoms. The van der Waals surface area contributed by atoms with E-state index < -0.39 is 0 Å². The standard InChI is InChI=1S/C14H9NO2S/c16-13(9-5-2-1-3-6-9)10-7-4-8-11-12(10)15-14(17)18-11/h1-8H,(H,15,17). The van der Waals surface area contributed by atoms with Gasteiger partial charge >= 0.3 is 4.87 Å². The predicted octanol–water partition coefficient (Wildman–Crippen LogP) is 2.82. The maximum absolute atomic E-state index is 12.4. The fourth-order valence-electron chi connectivity index (χ4n) is 1.91. The zero-order valence-electron chi connectivity index (χ0n) is 9.34. The third kappa shape index (κ3) is 1.76. The van der Waals surface area contributed by atoms with Gasteiger partial charge < -0.3 is 4.98 Å². The second-order valence-electron chi connectivity index (χ2n) is 3.89. The molecular formula is C14H9NO2S. The van der Waals surface area contributed by atoms with Crippen molar-refractivity contribution in [1.82, 2.24) is 4.98 Å². The number of thiazole rings is 1. The third-order valence-electron chi connectivity index (χ3n) is 2.74. The van der Waals surface area contributed by atoms with E-state index >= 15 is 0 Å². The number of fused-ring (bicyclic) bond motifs is 1. The molecule has 4 heteroatoms. The molecule has 0 amide bonds. The Bertz CT molecular complexity index is 771. The monoisotopic (exact) mass is 255 g/mol. The number of H-pyrrole nitrogens is 1. The summed E-state index contributed by atoms with van der Waals surface area (Å²) in [6.45, 7) is 0. The molecule has 0 saturated heterocycles. The van der Waals surface area contributed by atoms with Crippen LogP contribution in [0.5, 0.6) is 0 Å². The Hall–Kier alpha value is -2.20. The number of ketones is 1. The van der Waals surface area contributed by atoms with Crippen LogP contribution in [0.25, 0.3) is 10.2 Å². The Balaban J connectivity index is 2.21. The number of hydrogen-bond donors (Lipinski definition) is 1. The molecule has 0 spiro atoms. The Kier molecular flexibility index (Phi) is 2.57. The number of rotatable bonds is 2. The first-order valence-electron chi connectivity index (χ1n) is 5.47. The molecule has 2 aromatic carbocycles. The van der Waals surface area contributed by atoms with Crippen LogP contribution in [0.3, 0.4) is 0 Å². The molecule has 0 radical (unpaired) electrons. The highest BCUT2D eigenvalue weighted by atomic mass is 32.1. The quantitative estimate of drug-likeness (QED) is 0.716. The minimum Gasteiger partial charge on any atom is -0.312 e. The number of aromatic amines is 1. The molecule has 1 N–H and O–H groups in total. The number of nitrogens with one attached hydrogen (secondary N) is 1. The van der Waals surface area contributed by atoms with E-state index in [0.29, 0.717) is 16.6 Å². The summed E-state index contributed by atoms with van der Waals surface area (Å²) in [5.41, 5.74) is 1.79. The number of aromatic nitrogens is 1. The lowest BCUT2D eigenvalue weighted by atomic mass is 10.0. The second kappa shape index (κ2) is 4.23. The number of benzene rings is 2. The van der Waals surface area contributed by atoms with Crippen molar-refractivity contribution in [2.24, 2.45) is 0 Å². The lowest BCUT2D eigenvalue weighted by molar-refractivity contribution is 0.104. The minimum atomic E-state index is -0.140. The number of carbonyl (C=O) groups is 1. The van der Waals surface area contributed by atoms with E-state index in [0.717, 1.165) is 16.0 Å². The summed E-state index contributed by atoms with van der Waals surface area (Å²) in [6.07, 6.45) is 0. The summed E-state index contributed by atoms with van der Waals surface area (Å²) >= 11 is 1.12. The smallest absolute Gasteiger partial charge is 0.305 e. The van der Waals surface area contributed by atoms with E-state index in [1.54, 1.807) is 24.3 Å². The van der Waals surface area contributed by atoms with Gasteiger partial charge in [-0.15, -0.1) is 0 Å². The van der Waals surface area contributed by atoms with Crippen LogP contribution in [0.4, 0.5) is 0 Å². The molecule has 18 heavy (non-hydrogen) atoms. The highest BCUT2D eigenvalue weighted by Gasteiger charge is 2.13. The summed E-state index contributed by atoms with van der Waals surface area (Å²) in [4.78, 5) is 26.3. The normalized spacial score (nSPS) is 10.7. The van der Waals surface area contributed by atoms with Gasteiger partial charge in [-0.25, -0.2) is 0 Å². The van der Waals surface area contributed by atoms with E-state index in [1.807, 2.05) is 24.3 Å². The Labute approximate surface area is 107 Å². The van der Waals surface area contributed by atoms with Gasteiger partial charge in [0.15, 0.2) is 5.78 Å². The van der Waals surface area contributed by atoms with Crippen LogP contribution < -0.4 is 4.87 Å². The number of carbonyl (C=O) groups excluding carboxylic acids is 1. The molecule has 3 rings (SSSR count). The van der Waals surface area contributed by atoms with Crippen LogP contribution in [-0.2, 0) is 0 Å². The maximum Gasteiger partial charge on any atom is 0.305 e. The minimum absolute atomic E-state index is 0.0738. The summed E-state index contributed by atoms with van der Waals surface area (Å²) in [7, 11) is 0. The van der Waals surface area contributed by atoms with E-state index in [9.17, 15) is 9.59 Å². The Morgan fingerprint density at radius 3 is 2.56 bits per heavy atom. The molecule has 0 aliphatic carbocycles. The molecule has 1 heterocycles. The van der Waals surface area contributed by atoms with Crippen molar-refractivity contribution >= 4 is 27.3 Å². The van der Waals surface area contributed by atoms with Crippen molar-refractivity contribution in [2.75, 3.05) is 0 Å². The van der Waals surface area contributed by atoms with Gasteiger partial charge in [0.1, 0.15) is 0 Å². The topological polar surface area (TPSA) is 49.9 Å². The van der Waals surface area contributed by atoms with Crippen molar-refractivity contribution in [2.45, 2.75) is 0 Å². The molecule has 3 aromatic rings. The van der Waals surface area contributed by atoms with Crippen molar-refractivity contribution in [3.05, 3.63) is 69.3 Å². The van der Waals surface area contributed by atoms with E-state index in [-0.39, 0.29) is 10.7 Å². The Morgan fingerprint density at radius 1 is 1.00 bits per heavy atom. The summed E-state index contributed by atoms with van der Waals surface area (Å²) in [5, 5.41) is 0. The van der Waals surface area contributed by atoms with E-state index in [2.05, 4.69) is 4.98 Å². The average Bonchev–Trinajstić information content (AvgIpc) is 2.79. The lowest BCUT2D eigenvalue weighted by Gasteiger charge is -2.01. The van der Waals surface area contributed by atoms with Crippen LogP contribution in [0, 0.1) is 0 Å². The highest BCUT2D eigenvalue weighted by molar-refractivity contribution is 7.16. The lowest BCUT2D eigenvalue weighted by Crippen LogP contribution is -2.02. The fraction of sp³-hybridized carbons (Fsp3) is 0. The largest absolute Gasteiger partial charge is 0.312 e. The van der Waals surface area contributed by atoms with Crippen LogP contribution in [0.2, 0.25) is 0 Å². The van der Waals surface area contributed by atoms with Gasteiger partial charge in [-0.2, -0.15) is 0 Å². The van der Waals surface area contributed by atoms with Crippen molar-refractivity contribution in [3.8, 4) is 0 Å². The first-order chi connectivity index (χ1) is 8.75. The molecule has 3 nitrogen and oxygen atoms in total. The summed E-state index contributed by atoms with van der Waals surface area (Å²) in [6, 6.07) is 14.4. The maximum atomic E-state index is 12.4. The molecule has 0 fully saturated rings. The van der Waals surface area contributed by atoms with E-state index in [4.69, 9.17) is 0 Å². The van der Waals surface area contributed by atoms with Gasteiger partial charge in [-0.3, -0.25) is 9.59 Å². The van der Waals surface area contributed by atoms with Crippen LogP contribution in [0.15, 0.2) is 53.3 Å². The molecule has 0 aliphatic heterocycles. The predicted molar refractivity (Wildman–Crippen MR) is 72.3 cm³/mol. The SMILES string of the molecule is O=C(c1ccccc1)c1cccc2sc(=O)[nH]c12. The fourth-order valence-corrected chi connectivity index (χ4v) is 2.67. The first-order valence-corrected chi connectivity index (χ1v) is 6.29. The molecular weight excluding hydrogens is 246 g/mol. The average molecular weight is 255 g/mol. The van der Waals surface area contributed by atoms with Crippen molar-refractivity contribution in [1.29, 1.82) is 0 Å². The first kappa shape index (κ1) is 10.9. The molecule has 0 atom stereocenters. The zero-order valence-corrected chi connectivity index (χ0v) is 10.2.